The molecule has 4 heteroatoms. The number of ether oxygens (including phenoxy) is 2. The molecule has 3 aromatic carbocycles. The minimum Gasteiger partial charge on any atom is -0.482 e. The van der Waals surface area contributed by atoms with Gasteiger partial charge in [-0.3, -0.25) is 5.32 Å². The molecule has 4 nitrogen and oxygen atoms in total. The van der Waals surface area contributed by atoms with E-state index >= 15 is 0 Å². The molecular formula is C24H23NO3. The summed E-state index contributed by atoms with van der Waals surface area (Å²) in [7, 11) is 1.33. The molecule has 0 aromatic heterocycles. The molecular weight excluding hydrogens is 350 g/mol. The Morgan fingerprint density at radius 1 is 1.04 bits per heavy atom. The van der Waals surface area contributed by atoms with Gasteiger partial charge in [-0.15, -0.1) is 0 Å². The van der Waals surface area contributed by atoms with Crippen molar-refractivity contribution in [2.75, 3.05) is 20.3 Å². The first-order chi connectivity index (χ1) is 13.7. The summed E-state index contributed by atoms with van der Waals surface area (Å²) in [6.45, 7) is 2.64. The van der Waals surface area contributed by atoms with Crippen molar-refractivity contribution in [3.8, 4) is 17.6 Å². The van der Waals surface area contributed by atoms with Crippen molar-refractivity contribution in [2.24, 2.45) is 0 Å². The average Bonchev–Trinajstić information content (AvgIpc) is 2.75. The highest BCUT2D eigenvalue weighted by Crippen LogP contribution is 2.23. The third-order valence-electron chi connectivity index (χ3n) is 4.46. The van der Waals surface area contributed by atoms with Crippen LogP contribution in [0, 0.1) is 11.8 Å². The molecule has 3 aromatic rings. The Hall–Kier alpha value is -3.29. The van der Waals surface area contributed by atoms with Crippen molar-refractivity contribution < 1.29 is 14.3 Å². The fourth-order valence-corrected chi connectivity index (χ4v) is 2.92. The number of carbonyl (C=O) groups is 1. The summed E-state index contributed by atoms with van der Waals surface area (Å²) in [4.78, 5) is 11.1. The van der Waals surface area contributed by atoms with Crippen molar-refractivity contribution in [2.45, 2.75) is 13.0 Å². The van der Waals surface area contributed by atoms with Gasteiger partial charge in [-0.25, -0.2) is 4.79 Å². The molecule has 28 heavy (non-hydrogen) atoms. The van der Waals surface area contributed by atoms with Gasteiger partial charge in [0.25, 0.3) is 0 Å². The summed E-state index contributed by atoms with van der Waals surface area (Å²) in [5.74, 6) is 6.49. The molecule has 1 N–H and O–H groups in total. The molecule has 0 aliphatic carbocycles. The molecule has 0 saturated heterocycles. The lowest BCUT2D eigenvalue weighted by Gasteiger charge is -2.15. The second kappa shape index (κ2) is 9.59. The Morgan fingerprint density at radius 2 is 1.79 bits per heavy atom. The van der Waals surface area contributed by atoms with Crippen molar-refractivity contribution in [3.05, 3.63) is 77.9 Å². The van der Waals surface area contributed by atoms with Gasteiger partial charge < -0.3 is 9.47 Å². The van der Waals surface area contributed by atoms with Crippen LogP contribution in [0.3, 0.4) is 0 Å². The van der Waals surface area contributed by atoms with Crippen LogP contribution >= 0.6 is 0 Å². The van der Waals surface area contributed by atoms with Gasteiger partial charge in [0, 0.05) is 11.6 Å². The fraction of sp³-hybridized carbons (Fsp3) is 0.208. The highest BCUT2D eigenvalue weighted by Gasteiger charge is 2.07. The smallest absolute Gasteiger partial charge is 0.343 e. The number of methoxy groups -OCH3 is 1. The van der Waals surface area contributed by atoms with E-state index in [1.807, 2.05) is 12.1 Å². The first kappa shape index (κ1) is 19.5. The molecule has 3 rings (SSSR count). The van der Waals surface area contributed by atoms with E-state index in [0.29, 0.717) is 12.3 Å². The molecule has 142 valence electrons. The summed E-state index contributed by atoms with van der Waals surface area (Å²) in [5, 5.41) is 5.97. The number of nitrogens with one attached hydrogen (secondary N) is 1. The van der Waals surface area contributed by atoms with E-state index < -0.39 is 5.97 Å². The van der Waals surface area contributed by atoms with Crippen LogP contribution in [-0.4, -0.2) is 26.2 Å². The highest BCUT2D eigenvalue weighted by molar-refractivity contribution is 5.86. The highest BCUT2D eigenvalue weighted by atomic mass is 16.6. The zero-order chi connectivity index (χ0) is 19.8. The Bertz CT molecular complexity index is 994. The Labute approximate surface area is 165 Å². The molecule has 0 saturated carbocycles. The van der Waals surface area contributed by atoms with Crippen molar-refractivity contribution >= 4 is 16.7 Å². The number of carbonyl (C=O) groups excluding carboxylic acids is 1. The standard InChI is InChI=1S/C24H23NO3/c1-18(22-11-5-9-20-8-3-4-10-23(20)22)25-16-6-7-19-12-14-21(15-13-19)28-17-24(26)27-2/h3-5,8-15,18,25H,16-17H2,1-2H3. The lowest BCUT2D eigenvalue weighted by atomic mass is 10.00. The quantitative estimate of drug-likeness (QED) is 0.522. The van der Waals surface area contributed by atoms with E-state index in [0.717, 1.165) is 5.56 Å². The zero-order valence-corrected chi connectivity index (χ0v) is 16.1. The maximum Gasteiger partial charge on any atom is 0.343 e. The van der Waals surface area contributed by atoms with Crippen LogP contribution in [0.1, 0.15) is 24.1 Å². The number of rotatable bonds is 6. The summed E-state index contributed by atoms with van der Waals surface area (Å²) >= 11 is 0. The topological polar surface area (TPSA) is 47.6 Å². The van der Waals surface area contributed by atoms with Crippen LogP contribution in [0.25, 0.3) is 10.8 Å². The molecule has 0 fully saturated rings. The Balaban J connectivity index is 1.55. The van der Waals surface area contributed by atoms with Gasteiger partial charge in [0.15, 0.2) is 6.61 Å². The predicted octanol–water partition coefficient (Wildman–Crippen LogP) is 4.09. The van der Waals surface area contributed by atoms with Crippen molar-refractivity contribution in [1.82, 2.24) is 5.32 Å². The van der Waals surface area contributed by atoms with Crippen molar-refractivity contribution in [3.63, 3.8) is 0 Å². The first-order valence-electron chi connectivity index (χ1n) is 9.17. The number of hydrogen-bond donors (Lipinski definition) is 1. The van der Waals surface area contributed by atoms with E-state index in [9.17, 15) is 4.79 Å². The van der Waals surface area contributed by atoms with Gasteiger partial charge >= 0.3 is 5.97 Å². The first-order valence-corrected chi connectivity index (χ1v) is 9.17. The van der Waals surface area contributed by atoms with E-state index in [4.69, 9.17) is 4.74 Å². The molecule has 0 bridgehead atoms. The maximum absolute atomic E-state index is 11.1. The van der Waals surface area contributed by atoms with Gasteiger partial charge in [0.05, 0.1) is 13.7 Å². The summed E-state index contributed by atoms with van der Waals surface area (Å²) in [5.41, 5.74) is 2.16. The lowest BCUT2D eigenvalue weighted by molar-refractivity contribution is -0.142. The van der Waals surface area contributed by atoms with Crippen LogP contribution in [0.15, 0.2) is 66.7 Å². The number of hydrogen-bond acceptors (Lipinski definition) is 4. The summed E-state index contributed by atoms with van der Waals surface area (Å²) < 4.78 is 9.86. The van der Waals surface area contributed by atoms with Crippen molar-refractivity contribution in [1.29, 1.82) is 0 Å². The van der Waals surface area contributed by atoms with Gasteiger partial charge in [-0.1, -0.05) is 54.3 Å². The average molecular weight is 373 g/mol. The number of esters is 1. The summed E-state index contributed by atoms with van der Waals surface area (Å²) in [6, 6.07) is 22.3. The van der Waals surface area contributed by atoms with Gasteiger partial charge in [0.1, 0.15) is 5.75 Å². The maximum atomic E-state index is 11.1. The largest absolute Gasteiger partial charge is 0.482 e. The number of benzene rings is 3. The number of fused-ring (bicyclic) bond motifs is 1. The minimum absolute atomic E-state index is 0.0997. The van der Waals surface area contributed by atoms with E-state index in [2.05, 4.69) is 71.3 Å². The molecule has 1 atom stereocenters. The van der Waals surface area contributed by atoms with E-state index in [-0.39, 0.29) is 12.6 Å². The van der Waals surface area contributed by atoms with Gasteiger partial charge in [-0.2, -0.15) is 0 Å². The molecule has 0 aliphatic rings. The van der Waals surface area contributed by atoms with Gasteiger partial charge in [0.2, 0.25) is 0 Å². The summed E-state index contributed by atoms with van der Waals surface area (Å²) in [6.07, 6.45) is 0. The normalized spacial score (nSPS) is 11.4. The minimum atomic E-state index is -0.407. The molecule has 0 amide bonds. The van der Waals surface area contributed by atoms with E-state index in [1.54, 1.807) is 12.1 Å². The molecule has 0 spiro atoms. The Kier molecular flexibility index (Phi) is 6.67. The fourth-order valence-electron chi connectivity index (χ4n) is 2.92. The van der Waals surface area contributed by atoms with E-state index in [1.165, 1.54) is 23.4 Å². The Morgan fingerprint density at radius 3 is 2.57 bits per heavy atom. The zero-order valence-electron chi connectivity index (χ0n) is 16.1. The van der Waals surface area contributed by atoms with Gasteiger partial charge in [-0.05, 0) is 47.5 Å². The van der Waals surface area contributed by atoms with Crippen LogP contribution < -0.4 is 10.1 Å². The monoisotopic (exact) mass is 373 g/mol. The van der Waals surface area contributed by atoms with Crippen LogP contribution in [0.5, 0.6) is 5.75 Å². The molecule has 1 unspecified atom stereocenters. The molecule has 0 heterocycles. The second-order valence-corrected chi connectivity index (χ2v) is 6.36. The molecule has 0 aliphatic heterocycles. The third kappa shape index (κ3) is 5.12. The molecule has 0 radical (unpaired) electrons. The second-order valence-electron chi connectivity index (χ2n) is 6.36. The predicted molar refractivity (Wildman–Crippen MR) is 111 cm³/mol. The SMILES string of the molecule is COC(=O)COc1ccc(C#CCNC(C)c2cccc3ccccc23)cc1. The van der Waals surface area contributed by atoms with Crippen LogP contribution in [0.4, 0.5) is 0 Å². The van der Waals surface area contributed by atoms with Crippen LogP contribution in [-0.2, 0) is 9.53 Å². The van der Waals surface area contributed by atoms with Crippen LogP contribution in [0.2, 0.25) is 0 Å². The lowest BCUT2D eigenvalue weighted by Crippen LogP contribution is -2.19. The third-order valence-corrected chi connectivity index (χ3v) is 4.46.